The number of nitrogens with zero attached hydrogens (tertiary/aromatic N) is 3. The van der Waals surface area contributed by atoms with Gasteiger partial charge in [-0.1, -0.05) is 11.3 Å². The second kappa shape index (κ2) is 4.59. The first kappa shape index (κ1) is 13.1. The van der Waals surface area contributed by atoms with Crippen LogP contribution in [-0.4, -0.2) is 15.0 Å². The van der Waals surface area contributed by atoms with Crippen molar-refractivity contribution >= 4 is 0 Å². The van der Waals surface area contributed by atoms with Gasteiger partial charge in [0.25, 0.3) is 0 Å². The molecule has 0 amide bonds. The predicted molar refractivity (Wildman–Crippen MR) is 66.2 cm³/mol. The number of hydrogen-bond donors (Lipinski definition) is 1. The number of hydrogen-bond acceptors (Lipinski definition) is 3. The molecule has 0 atom stereocenters. The van der Waals surface area contributed by atoms with Crippen LogP contribution in [0.2, 0.25) is 0 Å². The van der Waals surface area contributed by atoms with Gasteiger partial charge in [0, 0.05) is 12.5 Å². The van der Waals surface area contributed by atoms with Crippen LogP contribution in [0.15, 0.2) is 24.3 Å². The van der Waals surface area contributed by atoms with Crippen LogP contribution < -0.4 is 5.73 Å². The maximum absolute atomic E-state index is 12.8. The van der Waals surface area contributed by atoms with E-state index < -0.39 is 11.7 Å². The molecule has 4 nitrogen and oxygen atoms in total. The fourth-order valence-corrected chi connectivity index (χ4v) is 2.24. The normalized spacial score (nSPS) is 15.6. The first-order valence-electron chi connectivity index (χ1n) is 6.33. The molecule has 1 aliphatic carbocycles. The SMILES string of the molecule is NCc1nnn(-c2cccc(C(F)(F)F)c2)c1C1CC1. The maximum atomic E-state index is 12.8. The van der Waals surface area contributed by atoms with Crippen LogP contribution in [0.3, 0.4) is 0 Å². The molecule has 106 valence electrons. The summed E-state index contributed by atoms with van der Waals surface area (Å²) < 4.78 is 39.8. The van der Waals surface area contributed by atoms with Crippen LogP contribution in [0.1, 0.15) is 35.7 Å². The lowest BCUT2D eigenvalue weighted by atomic mass is 10.1. The third kappa shape index (κ3) is 2.29. The molecule has 0 unspecified atom stereocenters. The summed E-state index contributed by atoms with van der Waals surface area (Å²) in [7, 11) is 0. The molecule has 1 fully saturated rings. The standard InChI is InChI=1S/C13H13F3N4/c14-13(15,16)9-2-1-3-10(6-9)20-12(8-4-5-8)11(7-17)18-19-20/h1-3,6,8H,4-5,7,17H2. The molecule has 0 radical (unpaired) electrons. The smallest absolute Gasteiger partial charge is 0.325 e. The van der Waals surface area contributed by atoms with Gasteiger partial charge in [-0.25, -0.2) is 4.68 Å². The zero-order valence-corrected chi connectivity index (χ0v) is 10.6. The number of halogens is 3. The highest BCUT2D eigenvalue weighted by molar-refractivity contribution is 5.39. The van der Waals surface area contributed by atoms with Gasteiger partial charge >= 0.3 is 6.18 Å². The minimum Gasteiger partial charge on any atom is -0.325 e. The Morgan fingerprint density at radius 1 is 1.30 bits per heavy atom. The second-order valence-corrected chi connectivity index (χ2v) is 4.86. The van der Waals surface area contributed by atoms with E-state index in [1.807, 2.05) is 0 Å². The third-order valence-corrected chi connectivity index (χ3v) is 3.35. The highest BCUT2D eigenvalue weighted by atomic mass is 19.4. The molecule has 7 heteroatoms. The van der Waals surface area contributed by atoms with Gasteiger partial charge in [-0.3, -0.25) is 0 Å². The van der Waals surface area contributed by atoms with Crippen molar-refractivity contribution in [2.45, 2.75) is 31.5 Å². The van der Waals surface area contributed by atoms with Crippen molar-refractivity contribution in [3.63, 3.8) is 0 Å². The van der Waals surface area contributed by atoms with Gasteiger partial charge in [0.2, 0.25) is 0 Å². The van der Waals surface area contributed by atoms with Gasteiger partial charge in [-0.05, 0) is 31.0 Å². The van der Waals surface area contributed by atoms with Crippen molar-refractivity contribution < 1.29 is 13.2 Å². The van der Waals surface area contributed by atoms with E-state index in [9.17, 15) is 13.2 Å². The van der Waals surface area contributed by atoms with Crippen molar-refractivity contribution in [3.8, 4) is 5.69 Å². The van der Waals surface area contributed by atoms with E-state index >= 15 is 0 Å². The number of benzene rings is 1. The first-order chi connectivity index (χ1) is 9.50. The molecule has 1 aliphatic rings. The van der Waals surface area contributed by atoms with Crippen molar-refractivity contribution in [3.05, 3.63) is 41.2 Å². The lowest BCUT2D eigenvalue weighted by Crippen LogP contribution is -2.08. The highest BCUT2D eigenvalue weighted by Gasteiger charge is 2.33. The van der Waals surface area contributed by atoms with Crippen LogP contribution >= 0.6 is 0 Å². The Morgan fingerprint density at radius 2 is 2.05 bits per heavy atom. The molecule has 1 saturated carbocycles. The quantitative estimate of drug-likeness (QED) is 0.941. The van der Waals surface area contributed by atoms with Crippen LogP contribution in [0.25, 0.3) is 5.69 Å². The molecule has 2 aromatic rings. The van der Waals surface area contributed by atoms with Crippen molar-refractivity contribution in [2.75, 3.05) is 0 Å². The molecule has 0 bridgehead atoms. The molecule has 1 aromatic carbocycles. The summed E-state index contributed by atoms with van der Waals surface area (Å²) >= 11 is 0. The molecule has 1 heterocycles. The topological polar surface area (TPSA) is 56.7 Å². The lowest BCUT2D eigenvalue weighted by molar-refractivity contribution is -0.137. The summed E-state index contributed by atoms with van der Waals surface area (Å²) in [5.74, 6) is 0.304. The summed E-state index contributed by atoms with van der Waals surface area (Å²) in [5, 5.41) is 7.93. The molecular weight excluding hydrogens is 269 g/mol. The summed E-state index contributed by atoms with van der Waals surface area (Å²) in [6.07, 6.45) is -2.37. The summed E-state index contributed by atoms with van der Waals surface area (Å²) in [5.41, 5.74) is 6.78. The summed E-state index contributed by atoms with van der Waals surface area (Å²) in [4.78, 5) is 0. The molecular formula is C13H13F3N4. The van der Waals surface area contributed by atoms with E-state index in [0.29, 0.717) is 17.3 Å². The van der Waals surface area contributed by atoms with Gasteiger partial charge in [-0.2, -0.15) is 13.2 Å². The molecule has 0 aliphatic heterocycles. The molecule has 1 aromatic heterocycles. The van der Waals surface area contributed by atoms with Gasteiger partial charge in [0.1, 0.15) is 5.69 Å². The monoisotopic (exact) mass is 282 g/mol. The Morgan fingerprint density at radius 3 is 2.65 bits per heavy atom. The maximum Gasteiger partial charge on any atom is 0.416 e. The Labute approximate surface area is 113 Å². The highest BCUT2D eigenvalue weighted by Crippen LogP contribution is 2.42. The van der Waals surface area contributed by atoms with Crippen LogP contribution in [-0.2, 0) is 12.7 Å². The summed E-state index contributed by atoms with van der Waals surface area (Å²) in [6, 6.07) is 5.09. The molecule has 2 N–H and O–H groups in total. The van der Waals surface area contributed by atoms with E-state index in [-0.39, 0.29) is 6.54 Å². The fraction of sp³-hybridized carbons (Fsp3) is 0.385. The lowest BCUT2D eigenvalue weighted by Gasteiger charge is -2.10. The fourth-order valence-electron chi connectivity index (χ4n) is 2.24. The molecule has 0 spiro atoms. The van der Waals surface area contributed by atoms with E-state index in [1.165, 1.54) is 10.7 Å². The van der Waals surface area contributed by atoms with Gasteiger partial charge in [-0.15, -0.1) is 5.10 Å². The third-order valence-electron chi connectivity index (χ3n) is 3.35. The van der Waals surface area contributed by atoms with Crippen LogP contribution in [0.4, 0.5) is 13.2 Å². The largest absolute Gasteiger partial charge is 0.416 e. The van der Waals surface area contributed by atoms with Crippen molar-refractivity contribution in [1.82, 2.24) is 15.0 Å². The Hall–Kier alpha value is -1.89. The van der Waals surface area contributed by atoms with E-state index in [0.717, 1.165) is 30.7 Å². The molecule has 20 heavy (non-hydrogen) atoms. The zero-order chi connectivity index (χ0) is 14.3. The van der Waals surface area contributed by atoms with Gasteiger partial charge < -0.3 is 5.73 Å². The number of rotatable bonds is 3. The Bertz CT molecular complexity index is 629. The van der Waals surface area contributed by atoms with Crippen LogP contribution in [0.5, 0.6) is 0 Å². The minimum absolute atomic E-state index is 0.241. The average Bonchev–Trinajstić information content (AvgIpc) is 3.17. The van der Waals surface area contributed by atoms with E-state index in [1.54, 1.807) is 6.07 Å². The number of alkyl halides is 3. The minimum atomic E-state index is -4.37. The van der Waals surface area contributed by atoms with Gasteiger partial charge in [0.05, 0.1) is 16.9 Å². The first-order valence-corrected chi connectivity index (χ1v) is 6.33. The molecule has 3 rings (SSSR count). The average molecular weight is 282 g/mol. The van der Waals surface area contributed by atoms with Gasteiger partial charge in [0.15, 0.2) is 0 Å². The number of nitrogens with two attached hydrogens (primary N) is 1. The summed E-state index contributed by atoms with van der Waals surface area (Å²) in [6.45, 7) is 0.241. The number of aromatic nitrogens is 3. The predicted octanol–water partition coefficient (Wildman–Crippen LogP) is 2.62. The second-order valence-electron chi connectivity index (χ2n) is 4.86. The Balaban J connectivity index is 2.07. The van der Waals surface area contributed by atoms with Crippen molar-refractivity contribution in [1.29, 1.82) is 0 Å². The zero-order valence-electron chi connectivity index (χ0n) is 10.6. The van der Waals surface area contributed by atoms with E-state index in [4.69, 9.17) is 5.73 Å². The van der Waals surface area contributed by atoms with E-state index in [2.05, 4.69) is 10.3 Å². The molecule has 0 saturated heterocycles. The van der Waals surface area contributed by atoms with Crippen LogP contribution in [0, 0.1) is 0 Å². The van der Waals surface area contributed by atoms with Crippen molar-refractivity contribution in [2.24, 2.45) is 5.73 Å². The Kier molecular flexibility index (Phi) is 3.01.